The topological polar surface area (TPSA) is 45.4 Å². The van der Waals surface area contributed by atoms with Crippen LogP contribution in [0.2, 0.25) is 0 Å². The fourth-order valence-electron chi connectivity index (χ4n) is 13.0. The summed E-state index contributed by atoms with van der Waals surface area (Å²) < 4.78 is 7.46. The highest BCUT2D eigenvalue weighted by Gasteiger charge is 2.53. The summed E-state index contributed by atoms with van der Waals surface area (Å²) in [6.45, 7) is 18.0. The standard InChI is InChI=1S/C75H62N4O/c1-47-43-60(49-21-11-9-12-22-49)71(77-46-47)79(54-37-33-52(34-38-54)74(6,7)8)65-45-64-68(70-69(65)59-27-17-20-30-66(59)80-70)58-40-39-55(44-63(58)75(64)61-28-18-15-25-56(61)57-26-16-19-29-62(57)75)78(53-35-31-51(32-36-53)73(3,4)5)72-67(48(2)41-42-76-72)50-23-13-10-14-24-50/h9-46H,1-8H3. The molecule has 2 aliphatic carbocycles. The molecule has 9 aromatic carbocycles. The summed E-state index contributed by atoms with van der Waals surface area (Å²) in [4.78, 5) is 15.6. The molecule has 0 saturated heterocycles. The number of furan rings is 1. The van der Waals surface area contributed by atoms with E-state index >= 15 is 0 Å². The van der Waals surface area contributed by atoms with Gasteiger partial charge in [0, 0.05) is 51.5 Å². The molecule has 1 spiro atoms. The summed E-state index contributed by atoms with van der Waals surface area (Å²) in [6.07, 6.45) is 3.96. The second kappa shape index (κ2) is 18.4. The van der Waals surface area contributed by atoms with E-state index in [0.717, 1.165) is 106 Å². The van der Waals surface area contributed by atoms with Gasteiger partial charge in [0.15, 0.2) is 0 Å². The zero-order valence-corrected chi connectivity index (χ0v) is 46.6. The number of benzene rings is 9. The van der Waals surface area contributed by atoms with E-state index in [1.54, 1.807) is 0 Å². The van der Waals surface area contributed by atoms with Crippen LogP contribution in [0.15, 0.2) is 235 Å². The molecule has 14 rings (SSSR count). The summed E-state index contributed by atoms with van der Waals surface area (Å²) in [5.74, 6) is 1.70. The van der Waals surface area contributed by atoms with E-state index in [1.165, 1.54) is 38.9 Å². The molecule has 388 valence electrons. The smallest absolute Gasteiger partial charge is 0.145 e. The summed E-state index contributed by atoms with van der Waals surface area (Å²) in [7, 11) is 0. The van der Waals surface area contributed by atoms with Gasteiger partial charge >= 0.3 is 0 Å². The van der Waals surface area contributed by atoms with Crippen molar-refractivity contribution in [2.75, 3.05) is 9.80 Å². The van der Waals surface area contributed by atoms with E-state index in [2.05, 4.69) is 284 Å². The molecular weight excluding hydrogens is 973 g/mol. The van der Waals surface area contributed by atoms with Gasteiger partial charge in [0.1, 0.15) is 22.8 Å². The third-order valence-corrected chi connectivity index (χ3v) is 16.9. The van der Waals surface area contributed by atoms with Gasteiger partial charge in [0.05, 0.1) is 16.5 Å². The first-order valence-electron chi connectivity index (χ1n) is 28.0. The third kappa shape index (κ3) is 7.58. The van der Waals surface area contributed by atoms with Crippen LogP contribution in [-0.2, 0) is 16.2 Å². The van der Waals surface area contributed by atoms with E-state index < -0.39 is 5.41 Å². The van der Waals surface area contributed by atoms with Crippen LogP contribution in [0.25, 0.3) is 66.4 Å². The zero-order valence-electron chi connectivity index (χ0n) is 46.6. The molecule has 0 unspecified atom stereocenters. The Kier molecular flexibility index (Phi) is 11.3. The molecule has 3 heterocycles. The predicted octanol–water partition coefficient (Wildman–Crippen LogP) is 20.2. The maximum atomic E-state index is 7.46. The number of aromatic nitrogens is 2. The Bertz CT molecular complexity index is 4340. The molecular formula is C75H62N4O. The molecule has 0 amide bonds. The highest BCUT2D eigenvalue weighted by molar-refractivity contribution is 6.20. The lowest BCUT2D eigenvalue weighted by Crippen LogP contribution is -2.27. The Morgan fingerprint density at radius 1 is 0.425 bits per heavy atom. The maximum absolute atomic E-state index is 7.46. The highest BCUT2D eigenvalue weighted by atomic mass is 16.3. The van der Waals surface area contributed by atoms with Crippen LogP contribution < -0.4 is 9.80 Å². The van der Waals surface area contributed by atoms with Crippen molar-refractivity contribution in [3.8, 4) is 44.5 Å². The van der Waals surface area contributed by atoms with Gasteiger partial charge in [-0.3, -0.25) is 9.80 Å². The molecule has 0 N–H and O–H groups in total. The van der Waals surface area contributed by atoms with Gasteiger partial charge in [-0.05, 0) is 158 Å². The quantitative estimate of drug-likeness (QED) is 0.152. The monoisotopic (exact) mass is 1030 g/mol. The molecule has 2 aliphatic rings. The first kappa shape index (κ1) is 49.0. The molecule has 12 aromatic rings. The molecule has 0 saturated carbocycles. The van der Waals surface area contributed by atoms with Crippen molar-refractivity contribution in [1.29, 1.82) is 0 Å². The third-order valence-electron chi connectivity index (χ3n) is 16.9. The number of para-hydroxylation sites is 1. The molecule has 0 aliphatic heterocycles. The number of aryl methyl sites for hydroxylation is 2. The minimum atomic E-state index is -0.787. The maximum Gasteiger partial charge on any atom is 0.145 e. The summed E-state index contributed by atoms with van der Waals surface area (Å²) in [6, 6.07) is 80.4. The Balaban J connectivity index is 1.11. The average Bonchev–Trinajstić information content (AvgIpc) is 2.72. The Morgan fingerprint density at radius 3 is 1.62 bits per heavy atom. The fourth-order valence-corrected chi connectivity index (χ4v) is 13.0. The van der Waals surface area contributed by atoms with Gasteiger partial charge in [-0.1, -0.05) is 199 Å². The number of hydrogen-bond donors (Lipinski definition) is 0. The number of pyridine rings is 2. The SMILES string of the molecule is Cc1cnc(N(c2ccc(C(C)(C)C)cc2)c2cc3c(c4oc5ccccc5c24)-c2ccc(N(c4ccc(C(C)(C)C)cc4)c4nccc(C)c4-c4ccccc4)cc2C32c3ccccc3-c3ccccc32)c(-c2ccccc2)c1. The summed E-state index contributed by atoms with van der Waals surface area (Å²) in [5.41, 5.74) is 23.4. The molecule has 5 nitrogen and oxygen atoms in total. The van der Waals surface area contributed by atoms with Crippen molar-refractivity contribution in [1.82, 2.24) is 9.97 Å². The van der Waals surface area contributed by atoms with E-state index in [4.69, 9.17) is 14.4 Å². The second-order valence-corrected chi connectivity index (χ2v) is 23.9. The van der Waals surface area contributed by atoms with Crippen molar-refractivity contribution in [2.24, 2.45) is 0 Å². The van der Waals surface area contributed by atoms with E-state index in [0.29, 0.717) is 0 Å². The normalized spacial score (nSPS) is 13.1. The number of rotatable bonds is 8. The average molecular weight is 1040 g/mol. The van der Waals surface area contributed by atoms with Crippen molar-refractivity contribution in [2.45, 2.75) is 71.6 Å². The first-order chi connectivity index (χ1) is 38.8. The van der Waals surface area contributed by atoms with Crippen molar-refractivity contribution in [3.05, 3.63) is 275 Å². The number of hydrogen-bond acceptors (Lipinski definition) is 5. The lowest BCUT2D eigenvalue weighted by Gasteiger charge is -2.34. The van der Waals surface area contributed by atoms with E-state index in [-0.39, 0.29) is 10.8 Å². The minimum absolute atomic E-state index is 0.0277. The summed E-state index contributed by atoms with van der Waals surface area (Å²) >= 11 is 0. The lowest BCUT2D eigenvalue weighted by atomic mass is 9.70. The van der Waals surface area contributed by atoms with E-state index in [9.17, 15) is 0 Å². The van der Waals surface area contributed by atoms with Crippen LogP contribution in [0.4, 0.5) is 34.4 Å². The van der Waals surface area contributed by atoms with Crippen LogP contribution in [0.1, 0.15) is 86.1 Å². The number of nitrogens with zero attached hydrogens (tertiary/aromatic N) is 4. The number of fused-ring (bicyclic) bond motifs is 14. The van der Waals surface area contributed by atoms with Gasteiger partial charge in [0.25, 0.3) is 0 Å². The van der Waals surface area contributed by atoms with Crippen LogP contribution in [0, 0.1) is 13.8 Å². The van der Waals surface area contributed by atoms with Gasteiger partial charge in [-0.25, -0.2) is 9.97 Å². The summed E-state index contributed by atoms with van der Waals surface area (Å²) in [5, 5.41) is 2.07. The van der Waals surface area contributed by atoms with Gasteiger partial charge in [0.2, 0.25) is 0 Å². The Hall–Kier alpha value is -9.32. The van der Waals surface area contributed by atoms with Crippen LogP contribution in [-0.4, -0.2) is 9.97 Å². The fraction of sp³-hybridized carbons (Fsp3) is 0.147. The number of anilines is 6. The molecule has 0 radical (unpaired) electrons. The molecule has 80 heavy (non-hydrogen) atoms. The van der Waals surface area contributed by atoms with E-state index in [1.807, 2.05) is 12.4 Å². The van der Waals surface area contributed by atoms with Gasteiger partial charge < -0.3 is 4.42 Å². The highest BCUT2D eigenvalue weighted by Crippen LogP contribution is 2.66. The molecule has 3 aromatic heterocycles. The van der Waals surface area contributed by atoms with Crippen LogP contribution in [0.3, 0.4) is 0 Å². The molecule has 0 fully saturated rings. The minimum Gasteiger partial charge on any atom is -0.455 e. The van der Waals surface area contributed by atoms with Gasteiger partial charge in [-0.2, -0.15) is 0 Å². The van der Waals surface area contributed by atoms with Crippen molar-refractivity contribution < 1.29 is 4.42 Å². The van der Waals surface area contributed by atoms with Crippen molar-refractivity contribution in [3.63, 3.8) is 0 Å². The first-order valence-corrected chi connectivity index (χ1v) is 28.0. The predicted molar refractivity (Wildman–Crippen MR) is 333 cm³/mol. The Morgan fingerprint density at radius 2 is 0.988 bits per heavy atom. The molecule has 0 bridgehead atoms. The second-order valence-electron chi connectivity index (χ2n) is 23.9. The van der Waals surface area contributed by atoms with Crippen molar-refractivity contribution >= 4 is 56.3 Å². The molecule has 0 atom stereocenters. The Labute approximate surface area is 469 Å². The van der Waals surface area contributed by atoms with Crippen LogP contribution >= 0.6 is 0 Å². The zero-order chi connectivity index (χ0) is 54.7. The molecule has 5 heteroatoms. The largest absolute Gasteiger partial charge is 0.455 e. The lowest BCUT2D eigenvalue weighted by molar-refractivity contribution is 0.590. The van der Waals surface area contributed by atoms with Gasteiger partial charge in [-0.15, -0.1) is 0 Å². The van der Waals surface area contributed by atoms with Crippen LogP contribution in [0.5, 0.6) is 0 Å².